The minimum absolute atomic E-state index is 0.0142. The van der Waals surface area contributed by atoms with Crippen molar-refractivity contribution in [3.63, 3.8) is 0 Å². The van der Waals surface area contributed by atoms with E-state index >= 15 is 0 Å². The van der Waals surface area contributed by atoms with E-state index in [2.05, 4.69) is 0 Å². The second-order valence-electron chi connectivity index (χ2n) is 6.20. The van der Waals surface area contributed by atoms with Crippen LogP contribution in [0.5, 0.6) is 0 Å². The Kier molecular flexibility index (Phi) is 4.55. The first-order chi connectivity index (χ1) is 11.1. The molecule has 0 bridgehead atoms. The predicted molar refractivity (Wildman–Crippen MR) is 81.9 cm³/mol. The van der Waals surface area contributed by atoms with E-state index in [1.807, 2.05) is 6.08 Å². The van der Waals surface area contributed by atoms with E-state index in [1.54, 1.807) is 4.90 Å². The molecule has 1 aliphatic heterocycles. The molecule has 1 aromatic rings. The highest BCUT2D eigenvalue weighted by atomic mass is 19.1. The fourth-order valence-electron chi connectivity index (χ4n) is 3.35. The topological polar surface area (TPSA) is 37.4 Å². The third-order valence-corrected chi connectivity index (χ3v) is 4.59. The molecular formula is C18H19F2NO2. The molecule has 1 aliphatic carbocycles. The minimum Gasteiger partial charge on any atom is -0.338 e. The van der Waals surface area contributed by atoms with Gasteiger partial charge in [-0.05, 0) is 50.3 Å². The van der Waals surface area contributed by atoms with Crippen LogP contribution in [0.3, 0.4) is 0 Å². The lowest BCUT2D eigenvalue weighted by molar-refractivity contribution is -0.128. The number of allylic oxidation sites excluding steroid dienone is 1. The van der Waals surface area contributed by atoms with Crippen LogP contribution in [0.1, 0.15) is 42.5 Å². The molecule has 1 aromatic carbocycles. The summed E-state index contributed by atoms with van der Waals surface area (Å²) < 4.78 is 27.1. The highest BCUT2D eigenvalue weighted by Crippen LogP contribution is 2.26. The number of halogens is 2. The molecule has 23 heavy (non-hydrogen) atoms. The number of rotatable bonds is 3. The third kappa shape index (κ3) is 3.33. The Labute approximate surface area is 134 Å². The summed E-state index contributed by atoms with van der Waals surface area (Å²) >= 11 is 0. The van der Waals surface area contributed by atoms with E-state index in [0.29, 0.717) is 19.4 Å². The molecule has 2 aliphatic rings. The van der Waals surface area contributed by atoms with E-state index in [0.717, 1.165) is 43.0 Å². The molecule has 5 heteroatoms. The normalized spacial score (nSPS) is 21.2. The first-order valence-electron chi connectivity index (χ1n) is 8.04. The van der Waals surface area contributed by atoms with E-state index in [1.165, 1.54) is 0 Å². The molecular weight excluding hydrogens is 300 g/mol. The molecule has 0 radical (unpaired) electrons. The van der Waals surface area contributed by atoms with Crippen LogP contribution in [-0.2, 0) is 4.79 Å². The zero-order chi connectivity index (χ0) is 16.4. The van der Waals surface area contributed by atoms with Crippen LogP contribution >= 0.6 is 0 Å². The summed E-state index contributed by atoms with van der Waals surface area (Å²) in [4.78, 5) is 26.6. The Morgan fingerprint density at radius 2 is 2.00 bits per heavy atom. The van der Waals surface area contributed by atoms with Crippen molar-refractivity contribution in [3.05, 3.63) is 47.0 Å². The van der Waals surface area contributed by atoms with Gasteiger partial charge in [-0.25, -0.2) is 8.78 Å². The quantitative estimate of drug-likeness (QED) is 0.800. The molecule has 0 N–H and O–H groups in total. The van der Waals surface area contributed by atoms with Crippen LogP contribution in [0, 0.1) is 17.6 Å². The summed E-state index contributed by atoms with van der Waals surface area (Å²) in [5.41, 5.74) is 0.597. The summed E-state index contributed by atoms with van der Waals surface area (Å²) in [6.45, 7) is 0.899. The summed E-state index contributed by atoms with van der Waals surface area (Å²) in [7, 11) is 0. The summed E-state index contributed by atoms with van der Waals surface area (Å²) in [5, 5.41) is 0. The van der Waals surface area contributed by atoms with Crippen molar-refractivity contribution in [1.29, 1.82) is 0 Å². The molecule has 0 spiro atoms. The van der Waals surface area contributed by atoms with Crippen LogP contribution in [0.2, 0.25) is 0 Å². The van der Waals surface area contributed by atoms with Crippen molar-refractivity contribution in [2.45, 2.75) is 32.1 Å². The van der Waals surface area contributed by atoms with Gasteiger partial charge in [-0.15, -0.1) is 0 Å². The number of carbonyl (C=O) groups excluding carboxylic acids is 2. The SMILES string of the molecule is O=C(c1cc(F)ccc1F)C1CCCN(C(=O)C2=CCCC2)C1. The molecule has 0 saturated carbocycles. The second kappa shape index (κ2) is 6.60. The third-order valence-electron chi connectivity index (χ3n) is 4.59. The number of amides is 1. The van der Waals surface area contributed by atoms with Gasteiger partial charge in [-0.1, -0.05) is 6.08 Å². The Balaban J connectivity index is 1.74. The monoisotopic (exact) mass is 319 g/mol. The summed E-state index contributed by atoms with van der Waals surface area (Å²) in [6, 6.07) is 2.91. The van der Waals surface area contributed by atoms with Gasteiger partial charge in [0.2, 0.25) is 5.91 Å². The van der Waals surface area contributed by atoms with E-state index < -0.39 is 23.3 Å². The number of ketones is 1. The standard InChI is InChI=1S/C18H19F2NO2/c19-14-7-8-16(20)15(10-14)17(22)13-6-3-9-21(11-13)18(23)12-4-1-2-5-12/h4,7-8,10,13H,1-3,5-6,9,11H2. The van der Waals surface area contributed by atoms with Crippen LogP contribution in [0.4, 0.5) is 8.78 Å². The lowest BCUT2D eigenvalue weighted by Crippen LogP contribution is -2.43. The van der Waals surface area contributed by atoms with E-state index in [9.17, 15) is 18.4 Å². The molecule has 1 saturated heterocycles. The molecule has 0 aromatic heterocycles. The highest BCUT2D eigenvalue weighted by Gasteiger charge is 2.31. The number of nitrogens with zero attached hydrogens (tertiary/aromatic N) is 1. The van der Waals surface area contributed by atoms with Crippen LogP contribution in [-0.4, -0.2) is 29.7 Å². The van der Waals surface area contributed by atoms with Crippen molar-refractivity contribution in [1.82, 2.24) is 4.90 Å². The zero-order valence-electron chi connectivity index (χ0n) is 12.9. The fraction of sp³-hybridized carbons (Fsp3) is 0.444. The molecule has 1 fully saturated rings. The van der Waals surface area contributed by atoms with Gasteiger partial charge in [0.1, 0.15) is 11.6 Å². The Morgan fingerprint density at radius 3 is 2.74 bits per heavy atom. The number of Topliss-reactive ketones (excluding diaryl/α,β-unsaturated/α-hetero) is 1. The fourth-order valence-corrected chi connectivity index (χ4v) is 3.35. The molecule has 3 rings (SSSR count). The number of likely N-dealkylation sites (tertiary alicyclic amines) is 1. The van der Waals surface area contributed by atoms with Crippen molar-refractivity contribution >= 4 is 11.7 Å². The summed E-state index contributed by atoms with van der Waals surface area (Å²) in [5.74, 6) is -2.24. The molecule has 122 valence electrons. The molecule has 1 atom stereocenters. The Morgan fingerprint density at radius 1 is 1.17 bits per heavy atom. The predicted octanol–water partition coefficient (Wildman–Crippen LogP) is 3.50. The minimum atomic E-state index is -0.710. The maximum atomic E-state index is 13.8. The number of carbonyl (C=O) groups is 2. The number of piperidine rings is 1. The second-order valence-corrected chi connectivity index (χ2v) is 6.20. The van der Waals surface area contributed by atoms with Gasteiger partial charge in [0.25, 0.3) is 0 Å². The first-order valence-corrected chi connectivity index (χ1v) is 8.04. The maximum Gasteiger partial charge on any atom is 0.249 e. The van der Waals surface area contributed by atoms with Gasteiger partial charge < -0.3 is 4.90 Å². The number of hydrogen-bond donors (Lipinski definition) is 0. The molecule has 1 amide bonds. The van der Waals surface area contributed by atoms with Crippen LogP contribution in [0.25, 0.3) is 0 Å². The average molecular weight is 319 g/mol. The maximum absolute atomic E-state index is 13.8. The Hall–Kier alpha value is -2.04. The first kappa shape index (κ1) is 15.8. The average Bonchev–Trinajstić information content (AvgIpc) is 3.10. The van der Waals surface area contributed by atoms with Gasteiger partial charge >= 0.3 is 0 Å². The number of benzene rings is 1. The van der Waals surface area contributed by atoms with Crippen molar-refractivity contribution in [2.75, 3.05) is 13.1 Å². The smallest absolute Gasteiger partial charge is 0.249 e. The van der Waals surface area contributed by atoms with Gasteiger partial charge in [-0.2, -0.15) is 0 Å². The van der Waals surface area contributed by atoms with Crippen LogP contribution < -0.4 is 0 Å². The molecule has 3 nitrogen and oxygen atoms in total. The van der Waals surface area contributed by atoms with Crippen molar-refractivity contribution in [2.24, 2.45) is 5.92 Å². The molecule has 1 heterocycles. The van der Waals surface area contributed by atoms with E-state index in [4.69, 9.17) is 0 Å². The summed E-state index contributed by atoms with van der Waals surface area (Å²) in [6.07, 6.45) is 5.95. The van der Waals surface area contributed by atoms with Gasteiger partial charge in [0, 0.05) is 24.6 Å². The van der Waals surface area contributed by atoms with Crippen LogP contribution in [0.15, 0.2) is 29.8 Å². The highest BCUT2D eigenvalue weighted by molar-refractivity contribution is 5.99. The lowest BCUT2D eigenvalue weighted by atomic mass is 9.89. The van der Waals surface area contributed by atoms with Gasteiger partial charge in [0.05, 0.1) is 5.56 Å². The lowest BCUT2D eigenvalue weighted by Gasteiger charge is -2.32. The van der Waals surface area contributed by atoms with Gasteiger partial charge in [0.15, 0.2) is 5.78 Å². The largest absolute Gasteiger partial charge is 0.338 e. The van der Waals surface area contributed by atoms with E-state index in [-0.39, 0.29) is 18.0 Å². The van der Waals surface area contributed by atoms with Crippen molar-refractivity contribution in [3.8, 4) is 0 Å². The number of hydrogen-bond acceptors (Lipinski definition) is 2. The van der Waals surface area contributed by atoms with Crippen molar-refractivity contribution < 1.29 is 18.4 Å². The zero-order valence-corrected chi connectivity index (χ0v) is 12.9. The van der Waals surface area contributed by atoms with Gasteiger partial charge in [-0.3, -0.25) is 9.59 Å². The Bertz CT molecular complexity index is 669. The molecule has 1 unspecified atom stereocenters.